The van der Waals surface area contributed by atoms with Crippen LogP contribution in [0.1, 0.15) is 27.7 Å². The Morgan fingerprint density at radius 3 is 2.43 bits per heavy atom. The number of anilines is 1. The van der Waals surface area contributed by atoms with Gasteiger partial charge in [-0.25, -0.2) is 18.4 Å². The van der Waals surface area contributed by atoms with Crippen molar-refractivity contribution in [2.45, 2.75) is 6.04 Å². The first kappa shape index (κ1) is 19.1. The molecular weight excluding hydrogens is 370 g/mol. The van der Waals surface area contributed by atoms with Gasteiger partial charge in [-0.3, -0.25) is 0 Å². The van der Waals surface area contributed by atoms with Crippen LogP contribution in [-0.4, -0.2) is 19.1 Å². The number of urea groups is 1. The molecule has 0 aliphatic carbocycles. The van der Waals surface area contributed by atoms with Gasteiger partial charge < -0.3 is 19.8 Å². The first-order valence-corrected chi connectivity index (χ1v) is 8.23. The second-order valence-corrected chi connectivity index (χ2v) is 5.76. The summed E-state index contributed by atoms with van der Waals surface area (Å²) >= 11 is 0. The fourth-order valence-corrected chi connectivity index (χ4v) is 2.62. The van der Waals surface area contributed by atoms with Gasteiger partial charge in [-0.15, -0.1) is 0 Å². The first-order valence-electron chi connectivity index (χ1n) is 8.23. The molecule has 1 unspecified atom stereocenters. The third-order valence-corrected chi connectivity index (χ3v) is 3.95. The first-order chi connectivity index (χ1) is 13.5. The van der Waals surface area contributed by atoms with Gasteiger partial charge in [-0.2, -0.15) is 0 Å². The van der Waals surface area contributed by atoms with Crippen molar-refractivity contribution in [3.63, 3.8) is 0 Å². The minimum Gasteiger partial charge on any atom is -0.467 e. The van der Waals surface area contributed by atoms with E-state index in [0.29, 0.717) is 11.8 Å². The third-order valence-electron chi connectivity index (χ3n) is 3.95. The fourth-order valence-electron chi connectivity index (χ4n) is 2.62. The fraction of sp³-hybridized carbons (Fsp3) is 0.100. The maximum Gasteiger partial charge on any atom is 0.340 e. The zero-order chi connectivity index (χ0) is 20.1. The van der Waals surface area contributed by atoms with E-state index in [0.717, 1.165) is 18.7 Å². The standard InChI is InChI=1S/C20H16F2N2O4/c1-27-19(25)13-10-16(15(22)11-14(13)21)23-20(26)24-18(17-8-5-9-28-17)12-6-3-2-4-7-12/h2-11,18H,1H3,(H2,23,24,26). The van der Waals surface area contributed by atoms with Gasteiger partial charge in [0.05, 0.1) is 24.6 Å². The molecule has 2 amide bonds. The lowest BCUT2D eigenvalue weighted by molar-refractivity contribution is 0.0595. The summed E-state index contributed by atoms with van der Waals surface area (Å²) in [5, 5.41) is 4.95. The predicted molar refractivity (Wildman–Crippen MR) is 96.8 cm³/mol. The van der Waals surface area contributed by atoms with Crippen LogP contribution >= 0.6 is 0 Å². The topological polar surface area (TPSA) is 80.6 Å². The third kappa shape index (κ3) is 4.17. The summed E-state index contributed by atoms with van der Waals surface area (Å²) < 4.78 is 37.6. The van der Waals surface area contributed by atoms with Crippen molar-refractivity contribution >= 4 is 17.7 Å². The van der Waals surface area contributed by atoms with Crippen molar-refractivity contribution in [3.8, 4) is 0 Å². The van der Waals surface area contributed by atoms with Crippen LogP contribution in [0.15, 0.2) is 65.3 Å². The molecule has 0 aliphatic rings. The normalized spacial score (nSPS) is 11.5. The highest BCUT2D eigenvalue weighted by Crippen LogP contribution is 2.24. The van der Waals surface area contributed by atoms with Gasteiger partial charge in [0.15, 0.2) is 0 Å². The Morgan fingerprint density at radius 1 is 1.04 bits per heavy atom. The Labute approximate surface area is 159 Å². The highest BCUT2D eigenvalue weighted by molar-refractivity contribution is 5.94. The summed E-state index contributed by atoms with van der Waals surface area (Å²) in [6, 6.07) is 12.3. The number of esters is 1. The second kappa shape index (κ2) is 8.34. The van der Waals surface area contributed by atoms with E-state index in [-0.39, 0.29) is 5.69 Å². The Morgan fingerprint density at radius 2 is 1.79 bits per heavy atom. The molecule has 2 aromatic carbocycles. The highest BCUT2D eigenvalue weighted by Gasteiger charge is 2.21. The number of ether oxygens (including phenoxy) is 1. The number of furan rings is 1. The lowest BCUT2D eigenvalue weighted by Crippen LogP contribution is -2.33. The van der Waals surface area contributed by atoms with E-state index in [1.54, 1.807) is 36.4 Å². The van der Waals surface area contributed by atoms with Gasteiger partial charge in [0.2, 0.25) is 0 Å². The number of nitrogens with one attached hydrogen (secondary N) is 2. The molecule has 0 radical (unpaired) electrons. The molecule has 0 saturated heterocycles. The maximum atomic E-state index is 14.0. The molecule has 0 spiro atoms. The Hall–Kier alpha value is -3.68. The molecule has 2 N–H and O–H groups in total. The molecular formula is C20H16F2N2O4. The number of carbonyl (C=O) groups is 2. The molecule has 0 fully saturated rings. The lowest BCUT2D eigenvalue weighted by atomic mass is 10.0. The average Bonchev–Trinajstić information content (AvgIpc) is 3.23. The van der Waals surface area contributed by atoms with Gasteiger partial charge in [0.1, 0.15) is 23.4 Å². The monoisotopic (exact) mass is 386 g/mol. The van der Waals surface area contributed by atoms with Crippen LogP contribution in [0.5, 0.6) is 0 Å². The summed E-state index contributed by atoms with van der Waals surface area (Å²) in [6.07, 6.45) is 1.47. The van der Waals surface area contributed by atoms with Crippen LogP contribution < -0.4 is 10.6 Å². The number of carbonyl (C=O) groups excluding carboxylic acids is 2. The molecule has 144 valence electrons. The zero-order valence-corrected chi connectivity index (χ0v) is 14.7. The van der Waals surface area contributed by atoms with Gasteiger partial charge in [-0.05, 0) is 23.8 Å². The van der Waals surface area contributed by atoms with Crippen molar-refractivity contribution in [2.24, 2.45) is 0 Å². The van der Waals surface area contributed by atoms with Crippen molar-refractivity contribution in [1.29, 1.82) is 0 Å². The Bertz CT molecular complexity index is 975. The highest BCUT2D eigenvalue weighted by atomic mass is 19.1. The summed E-state index contributed by atoms with van der Waals surface area (Å²) in [5.74, 6) is -2.64. The minimum atomic E-state index is -1.09. The van der Waals surface area contributed by atoms with Crippen molar-refractivity contribution in [2.75, 3.05) is 12.4 Å². The summed E-state index contributed by atoms with van der Waals surface area (Å²) in [6.45, 7) is 0. The van der Waals surface area contributed by atoms with E-state index in [1.165, 1.54) is 6.26 Å². The molecule has 0 bridgehead atoms. The average molecular weight is 386 g/mol. The number of methoxy groups -OCH3 is 1. The number of hydrogen-bond acceptors (Lipinski definition) is 4. The number of benzene rings is 2. The van der Waals surface area contributed by atoms with Crippen molar-refractivity contribution < 1.29 is 27.5 Å². The molecule has 0 saturated carbocycles. The van der Waals surface area contributed by atoms with Crippen LogP contribution in [0.4, 0.5) is 19.3 Å². The Balaban J connectivity index is 1.83. The Kier molecular flexibility index (Phi) is 5.69. The summed E-state index contributed by atoms with van der Waals surface area (Å²) in [5.41, 5.74) is -0.127. The SMILES string of the molecule is COC(=O)c1cc(NC(=O)NC(c2ccccc2)c2ccco2)c(F)cc1F. The molecule has 3 rings (SSSR count). The molecule has 6 nitrogen and oxygen atoms in total. The summed E-state index contributed by atoms with van der Waals surface area (Å²) in [7, 11) is 1.07. The molecule has 3 aromatic rings. The van der Waals surface area contributed by atoms with Crippen molar-refractivity contribution in [1.82, 2.24) is 5.32 Å². The van der Waals surface area contributed by atoms with Crippen LogP contribution in [-0.2, 0) is 4.74 Å². The van der Waals surface area contributed by atoms with E-state index >= 15 is 0 Å². The molecule has 1 aromatic heterocycles. The van der Waals surface area contributed by atoms with Crippen LogP contribution in [0.25, 0.3) is 0 Å². The van der Waals surface area contributed by atoms with E-state index in [1.807, 2.05) is 6.07 Å². The van der Waals surface area contributed by atoms with E-state index in [4.69, 9.17) is 4.42 Å². The molecule has 1 heterocycles. The molecule has 8 heteroatoms. The van der Waals surface area contributed by atoms with E-state index in [2.05, 4.69) is 15.4 Å². The maximum absolute atomic E-state index is 14.0. The largest absolute Gasteiger partial charge is 0.467 e. The van der Waals surface area contributed by atoms with E-state index < -0.39 is 35.2 Å². The number of hydrogen-bond donors (Lipinski definition) is 2. The van der Waals surface area contributed by atoms with E-state index in [9.17, 15) is 18.4 Å². The van der Waals surface area contributed by atoms with Gasteiger partial charge in [-0.1, -0.05) is 30.3 Å². The quantitative estimate of drug-likeness (QED) is 0.642. The summed E-state index contributed by atoms with van der Waals surface area (Å²) in [4.78, 5) is 24.0. The van der Waals surface area contributed by atoms with Crippen LogP contribution in [0, 0.1) is 11.6 Å². The number of halogens is 2. The number of rotatable bonds is 5. The minimum absolute atomic E-state index is 0.370. The van der Waals surface area contributed by atoms with Crippen molar-refractivity contribution in [3.05, 3.63) is 89.4 Å². The molecule has 0 aliphatic heterocycles. The van der Waals surface area contributed by atoms with Gasteiger partial charge >= 0.3 is 12.0 Å². The second-order valence-electron chi connectivity index (χ2n) is 5.76. The zero-order valence-electron chi connectivity index (χ0n) is 14.7. The van der Waals surface area contributed by atoms with Crippen LogP contribution in [0.3, 0.4) is 0 Å². The lowest BCUT2D eigenvalue weighted by Gasteiger charge is -2.18. The van der Waals surface area contributed by atoms with Gasteiger partial charge in [0.25, 0.3) is 0 Å². The number of amides is 2. The van der Waals surface area contributed by atoms with Gasteiger partial charge in [0, 0.05) is 6.07 Å². The molecule has 1 atom stereocenters. The predicted octanol–water partition coefficient (Wildman–Crippen LogP) is 4.26. The van der Waals surface area contributed by atoms with Crippen LogP contribution in [0.2, 0.25) is 0 Å². The molecule has 28 heavy (non-hydrogen) atoms. The smallest absolute Gasteiger partial charge is 0.340 e.